The number of hydrogen-bond donors (Lipinski definition) is 1. The Hall–Kier alpha value is -0.910. The van der Waals surface area contributed by atoms with Crippen LogP contribution in [0.1, 0.15) is 36.8 Å². The quantitative estimate of drug-likeness (QED) is 0.931. The zero-order chi connectivity index (χ0) is 15.2. The van der Waals surface area contributed by atoms with E-state index in [4.69, 9.17) is 0 Å². The summed E-state index contributed by atoms with van der Waals surface area (Å²) in [5.74, 6) is 0.432. The molecule has 1 aliphatic carbocycles. The third-order valence-electron chi connectivity index (χ3n) is 4.82. The van der Waals surface area contributed by atoms with Gasteiger partial charge in [-0.05, 0) is 68.7 Å². The van der Waals surface area contributed by atoms with Gasteiger partial charge < -0.3 is 5.11 Å². The van der Waals surface area contributed by atoms with E-state index < -0.39 is 10.0 Å². The molecule has 116 valence electrons. The van der Waals surface area contributed by atoms with Crippen molar-refractivity contribution in [3.63, 3.8) is 0 Å². The second-order valence-electron chi connectivity index (χ2n) is 6.44. The highest BCUT2D eigenvalue weighted by Crippen LogP contribution is 2.41. The number of hydrogen-bond acceptors (Lipinski definition) is 3. The van der Waals surface area contributed by atoms with Crippen molar-refractivity contribution in [1.82, 2.24) is 4.31 Å². The Morgan fingerprint density at radius 3 is 2.48 bits per heavy atom. The van der Waals surface area contributed by atoms with Crippen LogP contribution in [0.5, 0.6) is 0 Å². The molecule has 2 fully saturated rings. The Morgan fingerprint density at radius 2 is 1.86 bits per heavy atom. The molecule has 0 unspecified atom stereocenters. The van der Waals surface area contributed by atoms with Crippen LogP contribution in [0.25, 0.3) is 0 Å². The summed E-state index contributed by atoms with van der Waals surface area (Å²) in [7, 11) is -3.46. The summed E-state index contributed by atoms with van der Waals surface area (Å²) in [5, 5.41) is 9.87. The first-order valence-corrected chi connectivity index (χ1v) is 9.11. The minimum Gasteiger partial charge on any atom is -0.393 e. The predicted molar refractivity (Wildman–Crippen MR) is 81.6 cm³/mol. The van der Waals surface area contributed by atoms with E-state index in [2.05, 4.69) is 0 Å². The van der Waals surface area contributed by atoms with Crippen LogP contribution < -0.4 is 0 Å². The van der Waals surface area contributed by atoms with E-state index in [9.17, 15) is 13.5 Å². The van der Waals surface area contributed by atoms with E-state index in [1.165, 1.54) is 0 Å². The molecule has 1 heterocycles. The Morgan fingerprint density at radius 1 is 1.14 bits per heavy atom. The zero-order valence-corrected chi connectivity index (χ0v) is 13.4. The first-order chi connectivity index (χ1) is 9.89. The molecule has 1 aromatic carbocycles. The maximum atomic E-state index is 12.9. The van der Waals surface area contributed by atoms with E-state index in [0.717, 1.165) is 24.0 Å². The summed E-state index contributed by atoms with van der Waals surface area (Å²) < 4.78 is 27.5. The van der Waals surface area contributed by atoms with Gasteiger partial charge in [0, 0.05) is 12.6 Å². The van der Waals surface area contributed by atoms with Crippen LogP contribution in [0, 0.1) is 19.8 Å². The standard InChI is InChI=1S/C16H23NO3S/c1-11-3-6-15(9-12(11)2)21(19,20)17-8-7-14(18)10-16(17)13-4-5-13/h3,6,9,13-14,16,18H,4-5,7-8,10H2,1-2H3/t14-,16-/m1/s1. The lowest BCUT2D eigenvalue weighted by Crippen LogP contribution is -2.48. The van der Waals surface area contributed by atoms with Crippen molar-refractivity contribution >= 4 is 10.0 Å². The lowest BCUT2D eigenvalue weighted by Gasteiger charge is -2.37. The number of aliphatic hydroxyl groups excluding tert-OH is 1. The number of aryl methyl sites for hydroxylation is 2. The van der Waals surface area contributed by atoms with Gasteiger partial charge in [0.2, 0.25) is 10.0 Å². The van der Waals surface area contributed by atoms with Gasteiger partial charge in [-0.15, -0.1) is 0 Å². The molecular weight excluding hydrogens is 286 g/mol. The maximum Gasteiger partial charge on any atom is 0.243 e. The Bertz CT molecular complexity index is 637. The number of nitrogens with zero attached hydrogens (tertiary/aromatic N) is 1. The van der Waals surface area contributed by atoms with Gasteiger partial charge in [0.05, 0.1) is 11.0 Å². The van der Waals surface area contributed by atoms with Gasteiger partial charge in [-0.25, -0.2) is 8.42 Å². The van der Waals surface area contributed by atoms with Crippen molar-refractivity contribution < 1.29 is 13.5 Å². The topological polar surface area (TPSA) is 57.6 Å². The molecule has 1 aromatic rings. The average molecular weight is 309 g/mol. The van der Waals surface area contributed by atoms with E-state index in [-0.39, 0.29) is 12.1 Å². The van der Waals surface area contributed by atoms with Crippen LogP contribution >= 0.6 is 0 Å². The predicted octanol–water partition coefficient (Wildman–Crippen LogP) is 2.23. The number of rotatable bonds is 3. The van der Waals surface area contributed by atoms with Crippen LogP contribution in [0.2, 0.25) is 0 Å². The van der Waals surface area contributed by atoms with Gasteiger partial charge in [0.15, 0.2) is 0 Å². The van der Waals surface area contributed by atoms with Crippen molar-refractivity contribution in [3.05, 3.63) is 29.3 Å². The fourth-order valence-electron chi connectivity index (χ4n) is 3.17. The average Bonchev–Trinajstić information content (AvgIpc) is 3.25. The fourth-order valence-corrected chi connectivity index (χ4v) is 4.97. The van der Waals surface area contributed by atoms with Crippen molar-refractivity contribution in [2.75, 3.05) is 6.54 Å². The number of sulfonamides is 1. The minimum atomic E-state index is -3.46. The first-order valence-electron chi connectivity index (χ1n) is 7.67. The van der Waals surface area contributed by atoms with Crippen molar-refractivity contribution in [3.8, 4) is 0 Å². The van der Waals surface area contributed by atoms with Crippen LogP contribution in [0.3, 0.4) is 0 Å². The van der Waals surface area contributed by atoms with Gasteiger partial charge in [-0.3, -0.25) is 0 Å². The van der Waals surface area contributed by atoms with Crippen molar-refractivity contribution in [1.29, 1.82) is 0 Å². The largest absolute Gasteiger partial charge is 0.393 e. The number of piperidine rings is 1. The molecular formula is C16H23NO3S. The first kappa shape index (κ1) is 15.0. The van der Waals surface area contributed by atoms with Crippen LogP contribution in [0.4, 0.5) is 0 Å². The summed E-state index contributed by atoms with van der Waals surface area (Å²) in [6.07, 6.45) is 2.91. The third-order valence-corrected chi connectivity index (χ3v) is 6.74. The smallest absolute Gasteiger partial charge is 0.243 e. The summed E-state index contributed by atoms with van der Waals surface area (Å²) in [5.41, 5.74) is 2.10. The third kappa shape index (κ3) is 2.87. The van der Waals surface area contributed by atoms with Gasteiger partial charge in [0.1, 0.15) is 0 Å². The summed E-state index contributed by atoms with van der Waals surface area (Å²) >= 11 is 0. The Balaban J connectivity index is 1.93. The highest BCUT2D eigenvalue weighted by atomic mass is 32.2. The molecule has 0 radical (unpaired) electrons. The highest BCUT2D eigenvalue weighted by Gasteiger charge is 2.44. The SMILES string of the molecule is Cc1ccc(S(=O)(=O)N2CC[C@@H](O)C[C@@H]2C2CC2)cc1C. The molecule has 1 N–H and O–H groups in total. The number of benzene rings is 1. The Labute approximate surface area is 126 Å². The van der Waals surface area contributed by atoms with Crippen molar-refractivity contribution in [2.24, 2.45) is 5.92 Å². The van der Waals surface area contributed by atoms with Gasteiger partial charge in [-0.1, -0.05) is 6.07 Å². The summed E-state index contributed by atoms with van der Waals surface area (Å²) in [4.78, 5) is 0.382. The van der Waals surface area contributed by atoms with Gasteiger partial charge in [-0.2, -0.15) is 4.31 Å². The summed E-state index contributed by atoms with van der Waals surface area (Å²) in [6.45, 7) is 4.35. The molecule has 2 aliphatic rings. The molecule has 0 bridgehead atoms. The molecule has 5 heteroatoms. The van der Waals surface area contributed by atoms with Crippen LogP contribution in [0.15, 0.2) is 23.1 Å². The van der Waals surface area contributed by atoms with Gasteiger partial charge >= 0.3 is 0 Å². The fraction of sp³-hybridized carbons (Fsp3) is 0.625. The lowest BCUT2D eigenvalue weighted by atomic mass is 9.98. The second-order valence-corrected chi connectivity index (χ2v) is 8.34. The molecule has 0 spiro atoms. The molecule has 21 heavy (non-hydrogen) atoms. The maximum absolute atomic E-state index is 12.9. The van der Waals surface area contributed by atoms with Crippen LogP contribution in [-0.2, 0) is 10.0 Å². The van der Waals surface area contributed by atoms with E-state index >= 15 is 0 Å². The molecule has 4 nitrogen and oxygen atoms in total. The Kier molecular flexibility index (Phi) is 3.84. The number of aliphatic hydroxyl groups is 1. The molecule has 0 amide bonds. The molecule has 1 saturated heterocycles. The second kappa shape index (κ2) is 5.38. The minimum absolute atomic E-state index is 0.0274. The summed E-state index contributed by atoms with van der Waals surface area (Å²) in [6, 6.07) is 5.31. The molecule has 3 rings (SSSR count). The van der Waals surface area contributed by atoms with E-state index in [1.807, 2.05) is 19.9 Å². The molecule has 1 saturated carbocycles. The van der Waals surface area contributed by atoms with Crippen molar-refractivity contribution in [2.45, 2.75) is 56.6 Å². The monoisotopic (exact) mass is 309 g/mol. The van der Waals surface area contributed by atoms with Gasteiger partial charge in [0.25, 0.3) is 0 Å². The zero-order valence-electron chi connectivity index (χ0n) is 12.6. The highest BCUT2D eigenvalue weighted by molar-refractivity contribution is 7.89. The molecule has 0 aromatic heterocycles. The van der Waals surface area contributed by atoms with E-state index in [1.54, 1.807) is 16.4 Å². The normalized spacial score (nSPS) is 27.8. The molecule has 2 atom stereocenters. The van der Waals surface area contributed by atoms with Crippen LogP contribution in [-0.4, -0.2) is 36.5 Å². The van der Waals surface area contributed by atoms with E-state index in [0.29, 0.717) is 30.2 Å². The molecule has 1 aliphatic heterocycles. The lowest BCUT2D eigenvalue weighted by molar-refractivity contribution is 0.0736.